The van der Waals surface area contributed by atoms with Crippen LogP contribution in [0.2, 0.25) is 0 Å². The third-order valence-electron chi connectivity index (χ3n) is 5.27. The summed E-state index contributed by atoms with van der Waals surface area (Å²) >= 11 is 0. The van der Waals surface area contributed by atoms with E-state index in [0.717, 1.165) is 17.0 Å². The number of aryl methyl sites for hydroxylation is 2. The molecule has 2 nitrogen and oxygen atoms in total. The molecular formula is C30H25IrN2-. The summed E-state index contributed by atoms with van der Waals surface area (Å²) in [5.74, 6) is 0. The van der Waals surface area contributed by atoms with Crippen LogP contribution in [0.3, 0.4) is 0 Å². The van der Waals surface area contributed by atoms with Gasteiger partial charge in [-0.15, -0.1) is 35.9 Å². The molecule has 0 saturated carbocycles. The van der Waals surface area contributed by atoms with Crippen molar-refractivity contribution in [3.05, 3.63) is 133 Å². The van der Waals surface area contributed by atoms with Crippen LogP contribution in [0.1, 0.15) is 11.1 Å². The van der Waals surface area contributed by atoms with Crippen LogP contribution in [0.25, 0.3) is 33.6 Å². The molecule has 0 unspecified atom stereocenters. The Morgan fingerprint density at radius 1 is 0.606 bits per heavy atom. The van der Waals surface area contributed by atoms with Crippen molar-refractivity contribution in [2.45, 2.75) is 13.8 Å². The van der Waals surface area contributed by atoms with Gasteiger partial charge in [0.2, 0.25) is 0 Å². The van der Waals surface area contributed by atoms with Crippen molar-refractivity contribution in [2.24, 2.45) is 0 Å². The Bertz CT molecular complexity index is 1230. The predicted octanol–water partition coefficient (Wildman–Crippen LogP) is 7.58. The van der Waals surface area contributed by atoms with Crippen molar-refractivity contribution < 1.29 is 20.1 Å². The summed E-state index contributed by atoms with van der Waals surface area (Å²) in [5.41, 5.74) is 9.18. The van der Waals surface area contributed by atoms with E-state index in [9.17, 15) is 0 Å². The van der Waals surface area contributed by atoms with Crippen LogP contribution in [-0.2, 0) is 20.1 Å². The summed E-state index contributed by atoms with van der Waals surface area (Å²) in [4.78, 5) is 8.86. The Morgan fingerprint density at radius 3 is 2.00 bits per heavy atom. The zero-order valence-electron chi connectivity index (χ0n) is 18.7. The zero-order chi connectivity index (χ0) is 22.2. The fourth-order valence-corrected chi connectivity index (χ4v) is 3.56. The van der Waals surface area contributed by atoms with Gasteiger partial charge < -0.3 is 4.98 Å². The van der Waals surface area contributed by atoms with Crippen molar-refractivity contribution in [1.29, 1.82) is 0 Å². The molecule has 0 saturated heterocycles. The molecule has 0 spiro atoms. The van der Waals surface area contributed by atoms with Crippen molar-refractivity contribution in [2.75, 3.05) is 0 Å². The first-order chi connectivity index (χ1) is 15.7. The first-order valence-electron chi connectivity index (χ1n) is 10.7. The van der Waals surface area contributed by atoms with E-state index in [1.54, 1.807) is 6.20 Å². The quantitative estimate of drug-likeness (QED) is 0.198. The molecular weight excluding hydrogens is 581 g/mol. The second-order valence-electron chi connectivity index (χ2n) is 7.56. The molecule has 0 aliphatic heterocycles. The Balaban J connectivity index is 0.000000202. The average molecular weight is 606 g/mol. The van der Waals surface area contributed by atoms with E-state index < -0.39 is 0 Å². The molecule has 2 aromatic heterocycles. The monoisotopic (exact) mass is 606 g/mol. The van der Waals surface area contributed by atoms with E-state index in [-0.39, 0.29) is 20.1 Å². The van der Waals surface area contributed by atoms with Crippen LogP contribution < -0.4 is 0 Å². The molecule has 3 aromatic carbocycles. The first kappa shape index (κ1) is 24.3. The van der Waals surface area contributed by atoms with E-state index in [1.165, 1.54) is 27.8 Å². The Kier molecular flexibility index (Phi) is 8.83. The third kappa shape index (κ3) is 6.32. The maximum atomic E-state index is 4.65. The Morgan fingerprint density at radius 2 is 1.33 bits per heavy atom. The molecule has 1 radical (unpaired) electrons. The minimum Gasteiger partial charge on any atom is -0.305 e. The van der Waals surface area contributed by atoms with Crippen LogP contribution in [-0.4, -0.2) is 9.97 Å². The van der Waals surface area contributed by atoms with Crippen LogP contribution in [0.4, 0.5) is 0 Å². The summed E-state index contributed by atoms with van der Waals surface area (Å²) < 4.78 is 0. The van der Waals surface area contributed by atoms with Gasteiger partial charge in [0.05, 0.1) is 5.69 Å². The van der Waals surface area contributed by atoms with Crippen LogP contribution in [0.5, 0.6) is 0 Å². The normalized spacial score (nSPS) is 9.88. The fraction of sp³-hybridized carbons (Fsp3) is 0.0667. The van der Waals surface area contributed by atoms with E-state index in [2.05, 4.69) is 84.5 Å². The zero-order valence-corrected chi connectivity index (χ0v) is 21.1. The predicted molar refractivity (Wildman–Crippen MR) is 133 cm³/mol. The Labute approximate surface area is 209 Å². The maximum absolute atomic E-state index is 4.65. The van der Waals surface area contributed by atoms with Gasteiger partial charge in [-0.2, -0.15) is 0 Å². The van der Waals surface area contributed by atoms with Gasteiger partial charge in [0.1, 0.15) is 0 Å². The standard InChI is InChI=1S/C19H17N.C11H8N.Ir/c1-14-8-6-7-11-17(14)19-12-15(2)18(13-20-19)16-9-4-3-5-10-16;1-2-6-10(7-3-1)11-8-4-5-9-12-11;/h3-13H,1-2H3;1-6,8-9H;/q;-1;. The van der Waals surface area contributed by atoms with Crippen LogP contribution in [0.15, 0.2) is 116 Å². The van der Waals surface area contributed by atoms with Gasteiger partial charge >= 0.3 is 0 Å². The molecule has 3 heteroatoms. The minimum absolute atomic E-state index is 0. The molecule has 0 aliphatic rings. The number of pyridine rings is 2. The molecule has 0 N–H and O–H groups in total. The number of benzene rings is 3. The second kappa shape index (κ2) is 12.0. The summed E-state index contributed by atoms with van der Waals surface area (Å²) in [7, 11) is 0. The van der Waals surface area contributed by atoms with Gasteiger partial charge in [0.15, 0.2) is 0 Å². The molecule has 0 aliphatic carbocycles. The number of hydrogen-bond acceptors (Lipinski definition) is 2. The molecule has 33 heavy (non-hydrogen) atoms. The third-order valence-corrected chi connectivity index (χ3v) is 5.27. The topological polar surface area (TPSA) is 25.8 Å². The van der Waals surface area contributed by atoms with Gasteiger partial charge in [0, 0.05) is 43.6 Å². The Hall–Kier alpha value is -3.39. The summed E-state index contributed by atoms with van der Waals surface area (Å²) in [5, 5.41) is 0. The number of rotatable bonds is 3. The van der Waals surface area contributed by atoms with Crippen molar-refractivity contribution in [1.82, 2.24) is 9.97 Å². The van der Waals surface area contributed by atoms with Crippen molar-refractivity contribution in [3.63, 3.8) is 0 Å². The maximum Gasteiger partial charge on any atom is 0.0707 e. The van der Waals surface area contributed by atoms with Crippen molar-refractivity contribution in [3.8, 4) is 33.6 Å². The molecule has 165 valence electrons. The molecule has 2 heterocycles. The van der Waals surface area contributed by atoms with Gasteiger partial charge in [-0.05, 0) is 48.4 Å². The van der Waals surface area contributed by atoms with Gasteiger partial charge in [-0.25, -0.2) is 0 Å². The summed E-state index contributed by atoms with van der Waals surface area (Å²) in [6.45, 7) is 4.27. The van der Waals surface area contributed by atoms with Crippen LogP contribution in [0, 0.1) is 19.9 Å². The minimum atomic E-state index is 0. The second-order valence-corrected chi connectivity index (χ2v) is 7.56. The average Bonchev–Trinajstić information content (AvgIpc) is 2.86. The molecule has 0 bridgehead atoms. The van der Waals surface area contributed by atoms with Gasteiger partial charge in [-0.3, -0.25) is 4.98 Å². The van der Waals surface area contributed by atoms with Gasteiger partial charge in [-0.1, -0.05) is 66.7 Å². The number of nitrogens with zero attached hydrogens (tertiary/aromatic N) is 2. The smallest absolute Gasteiger partial charge is 0.0707 e. The molecule has 0 amide bonds. The van der Waals surface area contributed by atoms with Crippen LogP contribution >= 0.6 is 0 Å². The van der Waals surface area contributed by atoms with Crippen molar-refractivity contribution >= 4 is 0 Å². The molecule has 5 aromatic rings. The number of hydrogen-bond donors (Lipinski definition) is 0. The largest absolute Gasteiger partial charge is 0.305 e. The van der Waals surface area contributed by atoms with E-state index in [1.807, 2.05) is 54.7 Å². The SMILES string of the molecule is Cc1cc(-c2ccccc2C)ncc1-c1ccccc1.[Ir].[c-]1ccccc1-c1ccccn1. The number of aromatic nitrogens is 2. The van der Waals surface area contributed by atoms with E-state index in [4.69, 9.17) is 0 Å². The summed E-state index contributed by atoms with van der Waals surface area (Å²) in [6.07, 6.45) is 3.77. The first-order valence-corrected chi connectivity index (χ1v) is 10.7. The van der Waals surface area contributed by atoms with Gasteiger partial charge in [0.25, 0.3) is 0 Å². The molecule has 0 atom stereocenters. The molecule has 0 fully saturated rings. The van der Waals surface area contributed by atoms with E-state index in [0.29, 0.717) is 0 Å². The summed E-state index contributed by atoms with van der Waals surface area (Å²) in [6, 6.07) is 37.8. The fourth-order valence-electron chi connectivity index (χ4n) is 3.56. The molecule has 5 rings (SSSR count). The van der Waals surface area contributed by atoms with E-state index >= 15 is 0 Å².